The van der Waals surface area contributed by atoms with E-state index in [4.69, 9.17) is 4.74 Å². The van der Waals surface area contributed by atoms with Crippen molar-refractivity contribution in [2.24, 2.45) is 0 Å². The number of amides is 1. The van der Waals surface area contributed by atoms with Crippen molar-refractivity contribution in [2.75, 3.05) is 26.3 Å². The van der Waals surface area contributed by atoms with Crippen molar-refractivity contribution in [3.63, 3.8) is 0 Å². The van der Waals surface area contributed by atoms with Gasteiger partial charge in [0.2, 0.25) is 5.91 Å². The fourth-order valence-corrected chi connectivity index (χ4v) is 1.82. The fourth-order valence-electron chi connectivity index (χ4n) is 1.82. The van der Waals surface area contributed by atoms with Gasteiger partial charge < -0.3 is 15.4 Å². The molecule has 4 heteroatoms. The molecule has 0 saturated carbocycles. The van der Waals surface area contributed by atoms with Gasteiger partial charge in [0.1, 0.15) is 0 Å². The molecule has 2 rings (SSSR count). The zero-order valence-corrected chi connectivity index (χ0v) is 9.14. The van der Waals surface area contributed by atoms with Crippen molar-refractivity contribution < 1.29 is 9.53 Å². The van der Waals surface area contributed by atoms with E-state index in [2.05, 4.69) is 10.6 Å². The minimum absolute atomic E-state index is 0.0713. The average Bonchev–Trinajstić information content (AvgIpc) is 2.16. The third-order valence-corrected chi connectivity index (χ3v) is 3.04. The van der Waals surface area contributed by atoms with E-state index >= 15 is 0 Å². The van der Waals surface area contributed by atoms with Crippen molar-refractivity contribution in [3.05, 3.63) is 11.1 Å². The quantitative estimate of drug-likeness (QED) is 0.640. The van der Waals surface area contributed by atoms with Gasteiger partial charge in [-0.1, -0.05) is 0 Å². The SMILES string of the molecule is CC(C(=O)NC1CCCOC1)=C1CNC1. The Morgan fingerprint density at radius 1 is 1.53 bits per heavy atom. The number of hydrogen-bond donors (Lipinski definition) is 2. The van der Waals surface area contributed by atoms with Crippen LogP contribution in [0, 0.1) is 0 Å². The van der Waals surface area contributed by atoms with Gasteiger partial charge in [0, 0.05) is 25.3 Å². The van der Waals surface area contributed by atoms with Crippen LogP contribution in [0.5, 0.6) is 0 Å². The first-order chi connectivity index (χ1) is 7.27. The zero-order valence-electron chi connectivity index (χ0n) is 9.14. The molecule has 0 aromatic carbocycles. The second-order valence-electron chi connectivity index (χ2n) is 4.22. The van der Waals surface area contributed by atoms with Gasteiger partial charge in [0.25, 0.3) is 0 Å². The lowest BCUT2D eigenvalue weighted by Gasteiger charge is -2.25. The Morgan fingerprint density at radius 2 is 2.33 bits per heavy atom. The standard InChI is InChI=1S/C11H18N2O2/c1-8(9-5-12-6-9)11(14)13-10-3-2-4-15-7-10/h10,12H,2-7H2,1H3,(H,13,14). The second kappa shape index (κ2) is 4.77. The first-order valence-corrected chi connectivity index (χ1v) is 5.55. The Bertz CT molecular complexity index is 274. The molecule has 2 fully saturated rings. The molecule has 0 spiro atoms. The molecule has 1 atom stereocenters. The van der Waals surface area contributed by atoms with E-state index in [1.165, 1.54) is 5.57 Å². The first kappa shape index (κ1) is 10.6. The van der Waals surface area contributed by atoms with Crippen LogP contribution in [0.25, 0.3) is 0 Å². The molecule has 0 aromatic rings. The van der Waals surface area contributed by atoms with E-state index in [0.717, 1.165) is 38.1 Å². The van der Waals surface area contributed by atoms with E-state index in [-0.39, 0.29) is 11.9 Å². The number of rotatable bonds is 2. The molecule has 1 amide bonds. The number of carbonyl (C=O) groups excluding carboxylic acids is 1. The van der Waals surface area contributed by atoms with Gasteiger partial charge in [0.05, 0.1) is 12.6 Å². The molecule has 15 heavy (non-hydrogen) atoms. The smallest absolute Gasteiger partial charge is 0.247 e. The molecule has 0 aliphatic carbocycles. The maximum absolute atomic E-state index is 11.8. The van der Waals surface area contributed by atoms with Crippen molar-refractivity contribution in [1.82, 2.24) is 10.6 Å². The van der Waals surface area contributed by atoms with E-state index in [1.54, 1.807) is 0 Å². The lowest BCUT2D eigenvalue weighted by atomic mass is 10.0. The molecule has 2 aliphatic rings. The normalized spacial score (nSPS) is 25.7. The summed E-state index contributed by atoms with van der Waals surface area (Å²) in [6.07, 6.45) is 2.08. The van der Waals surface area contributed by atoms with Gasteiger partial charge in [-0.2, -0.15) is 0 Å². The molecule has 2 N–H and O–H groups in total. The van der Waals surface area contributed by atoms with Crippen LogP contribution < -0.4 is 10.6 Å². The van der Waals surface area contributed by atoms with E-state index in [0.29, 0.717) is 6.61 Å². The van der Waals surface area contributed by atoms with Crippen LogP contribution >= 0.6 is 0 Å². The lowest BCUT2D eigenvalue weighted by Crippen LogP contribution is -2.43. The zero-order chi connectivity index (χ0) is 10.7. The Balaban J connectivity index is 1.85. The third kappa shape index (κ3) is 2.58. The van der Waals surface area contributed by atoms with Crippen molar-refractivity contribution in [1.29, 1.82) is 0 Å². The maximum Gasteiger partial charge on any atom is 0.247 e. The van der Waals surface area contributed by atoms with E-state index in [9.17, 15) is 4.79 Å². The molecule has 2 saturated heterocycles. The molecule has 0 radical (unpaired) electrons. The van der Waals surface area contributed by atoms with Gasteiger partial charge in [-0.3, -0.25) is 4.79 Å². The van der Waals surface area contributed by atoms with Gasteiger partial charge >= 0.3 is 0 Å². The van der Waals surface area contributed by atoms with Crippen molar-refractivity contribution >= 4 is 5.91 Å². The topological polar surface area (TPSA) is 50.4 Å². The number of hydrogen-bond acceptors (Lipinski definition) is 3. The Labute approximate surface area is 90.1 Å². The van der Waals surface area contributed by atoms with Crippen LogP contribution in [0.3, 0.4) is 0 Å². The van der Waals surface area contributed by atoms with Gasteiger partial charge in [-0.15, -0.1) is 0 Å². The highest BCUT2D eigenvalue weighted by atomic mass is 16.5. The van der Waals surface area contributed by atoms with Crippen LogP contribution in [0.2, 0.25) is 0 Å². The molecular weight excluding hydrogens is 192 g/mol. The lowest BCUT2D eigenvalue weighted by molar-refractivity contribution is -0.119. The molecule has 4 nitrogen and oxygen atoms in total. The third-order valence-electron chi connectivity index (χ3n) is 3.04. The number of nitrogens with one attached hydrogen (secondary N) is 2. The maximum atomic E-state index is 11.8. The van der Waals surface area contributed by atoms with E-state index in [1.807, 2.05) is 6.92 Å². The molecule has 1 unspecified atom stereocenters. The summed E-state index contributed by atoms with van der Waals surface area (Å²) in [4.78, 5) is 11.8. The Hall–Kier alpha value is -0.870. The number of carbonyl (C=O) groups is 1. The summed E-state index contributed by atoms with van der Waals surface area (Å²) >= 11 is 0. The fraction of sp³-hybridized carbons (Fsp3) is 0.727. The molecule has 84 valence electrons. The first-order valence-electron chi connectivity index (χ1n) is 5.55. The summed E-state index contributed by atoms with van der Waals surface area (Å²) in [6.45, 7) is 5.11. The van der Waals surface area contributed by atoms with Crippen LogP contribution in [0.1, 0.15) is 19.8 Å². The summed E-state index contributed by atoms with van der Waals surface area (Å²) in [5.41, 5.74) is 2.10. The Kier molecular flexibility index (Phi) is 3.38. The minimum atomic E-state index is 0.0713. The predicted molar refractivity (Wildman–Crippen MR) is 57.6 cm³/mol. The molecular formula is C11H18N2O2. The molecule has 2 heterocycles. The molecule has 0 bridgehead atoms. The highest BCUT2D eigenvalue weighted by Gasteiger charge is 2.20. The number of ether oxygens (including phenoxy) is 1. The molecule has 0 aromatic heterocycles. The van der Waals surface area contributed by atoms with Crippen LogP contribution in [0.4, 0.5) is 0 Å². The second-order valence-corrected chi connectivity index (χ2v) is 4.22. The minimum Gasteiger partial charge on any atom is -0.379 e. The van der Waals surface area contributed by atoms with E-state index < -0.39 is 0 Å². The van der Waals surface area contributed by atoms with Crippen LogP contribution in [-0.4, -0.2) is 38.3 Å². The van der Waals surface area contributed by atoms with Crippen LogP contribution in [0.15, 0.2) is 11.1 Å². The summed E-state index contributed by atoms with van der Waals surface area (Å²) in [7, 11) is 0. The van der Waals surface area contributed by atoms with Gasteiger partial charge in [-0.25, -0.2) is 0 Å². The van der Waals surface area contributed by atoms with Gasteiger partial charge in [0.15, 0.2) is 0 Å². The molecule has 2 aliphatic heterocycles. The predicted octanol–water partition coefficient (Wildman–Crippen LogP) is 0.201. The van der Waals surface area contributed by atoms with Crippen molar-refractivity contribution in [3.8, 4) is 0 Å². The summed E-state index contributed by atoms with van der Waals surface area (Å²) < 4.78 is 5.32. The van der Waals surface area contributed by atoms with Crippen molar-refractivity contribution in [2.45, 2.75) is 25.8 Å². The summed E-state index contributed by atoms with van der Waals surface area (Å²) in [5, 5.41) is 6.16. The largest absolute Gasteiger partial charge is 0.379 e. The Morgan fingerprint density at radius 3 is 2.87 bits per heavy atom. The average molecular weight is 210 g/mol. The summed E-state index contributed by atoms with van der Waals surface area (Å²) in [6, 6.07) is 0.204. The monoisotopic (exact) mass is 210 g/mol. The highest BCUT2D eigenvalue weighted by molar-refractivity contribution is 5.94. The van der Waals surface area contributed by atoms with Crippen LogP contribution in [-0.2, 0) is 9.53 Å². The summed E-state index contributed by atoms with van der Waals surface area (Å²) in [5.74, 6) is 0.0713. The van der Waals surface area contributed by atoms with Gasteiger partial charge in [-0.05, 0) is 25.3 Å². The highest BCUT2D eigenvalue weighted by Crippen LogP contribution is 2.11.